The minimum Gasteiger partial charge on any atom is -0.496 e. The lowest BCUT2D eigenvalue weighted by molar-refractivity contribution is -1.02. The van der Waals surface area contributed by atoms with E-state index in [4.69, 9.17) is 4.74 Å². The molecule has 1 fully saturated rings. The molecule has 0 bridgehead atoms. The summed E-state index contributed by atoms with van der Waals surface area (Å²) in [5.74, 6) is 1.50. The fourth-order valence-corrected chi connectivity index (χ4v) is 4.42. The summed E-state index contributed by atoms with van der Waals surface area (Å²) < 4.78 is 18.9. The second-order valence-corrected chi connectivity index (χ2v) is 8.49. The number of amides is 1. The number of hydrogen-bond acceptors (Lipinski definition) is 3. The van der Waals surface area contributed by atoms with Crippen molar-refractivity contribution in [3.05, 3.63) is 59.9 Å². The maximum atomic E-state index is 13.6. The van der Waals surface area contributed by atoms with Crippen LogP contribution in [0, 0.1) is 5.82 Å². The quantitative estimate of drug-likeness (QED) is 0.397. The third kappa shape index (κ3) is 7.03. The van der Waals surface area contributed by atoms with E-state index in [0.29, 0.717) is 13.1 Å². The van der Waals surface area contributed by atoms with Gasteiger partial charge in [0.25, 0.3) is 5.91 Å². The first-order valence-electron chi connectivity index (χ1n) is 10.1. The normalized spacial score (nSPS) is 19.0. The Hall–Kier alpha value is -2.09. The van der Waals surface area contributed by atoms with Crippen molar-refractivity contribution in [2.45, 2.75) is 11.4 Å². The van der Waals surface area contributed by atoms with E-state index in [2.05, 4.69) is 17.4 Å². The first-order chi connectivity index (χ1) is 14.1. The van der Waals surface area contributed by atoms with Crippen molar-refractivity contribution in [3.63, 3.8) is 0 Å². The Bertz CT molecular complexity index is 783. The van der Waals surface area contributed by atoms with E-state index in [9.17, 15) is 9.18 Å². The van der Waals surface area contributed by atoms with Crippen LogP contribution in [0.4, 0.5) is 4.39 Å². The summed E-state index contributed by atoms with van der Waals surface area (Å²) in [6.45, 7) is 5.77. The highest BCUT2D eigenvalue weighted by molar-refractivity contribution is 7.99. The van der Waals surface area contributed by atoms with Crippen LogP contribution in [-0.2, 0) is 11.3 Å². The largest absolute Gasteiger partial charge is 0.496 e. The van der Waals surface area contributed by atoms with E-state index in [1.807, 2.05) is 18.2 Å². The van der Waals surface area contributed by atoms with Crippen LogP contribution in [0.2, 0.25) is 0 Å². The molecule has 3 N–H and O–H groups in total. The number of hydrogen-bond donors (Lipinski definition) is 3. The van der Waals surface area contributed by atoms with E-state index >= 15 is 0 Å². The van der Waals surface area contributed by atoms with Gasteiger partial charge in [0.15, 0.2) is 6.54 Å². The SMILES string of the molecule is COc1ccc(F)cc1C[NH+]1CC[NH+](CC(=O)NCCSc2ccccc2)CC1. The molecule has 1 amide bonds. The second-order valence-electron chi connectivity index (χ2n) is 7.32. The average molecular weight is 420 g/mol. The molecule has 1 aliphatic heterocycles. The molecule has 1 aliphatic rings. The third-order valence-electron chi connectivity index (χ3n) is 5.19. The van der Waals surface area contributed by atoms with Crippen molar-refractivity contribution in [1.29, 1.82) is 0 Å². The molecule has 2 aromatic rings. The lowest BCUT2D eigenvalue weighted by Crippen LogP contribution is -3.28. The lowest BCUT2D eigenvalue weighted by Gasteiger charge is -2.29. The second kappa shape index (κ2) is 11.2. The zero-order valence-corrected chi connectivity index (χ0v) is 17.7. The van der Waals surface area contributed by atoms with Gasteiger partial charge in [-0.3, -0.25) is 4.79 Å². The Morgan fingerprint density at radius 1 is 1.10 bits per heavy atom. The number of carbonyl (C=O) groups excluding carboxylic acids is 1. The molecular weight excluding hydrogens is 389 g/mol. The van der Waals surface area contributed by atoms with Crippen LogP contribution in [0.15, 0.2) is 53.4 Å². The van der Waals surface area contributed by atoms with Crippen LogP contribution < -0.4 is 19.9 Å². The van der Waals surface area contributed by atoms with Crippen molar-refractivity contribution < 1.29 is 23.7 Å². The summed E-state index contributed by atoms with van der Waals surface area (Å²) in [4.78, 5) is 16.1. The number of benzene rings is 2. The van der Waals surface area contributed by atoms with Crippen LogP contribution in [0.5, 0.6) is 5.75 Å². The van der Waals surface area contributed by atoms with Crippen molar-refractivity contribution in [2.75, 3.05) is 52.1 Å². The number of nitrogens with one attached hydrogen (secondary N) is 3. The lowest BCUT2D eigenvalue weighted by atomic mass is 10.1. The maximum Gasteiger partial charge on any atom is 0.275 e. The van der Waals surface area contributed by atoms with E-state index in [-0.39, 0.29) is 11.7 Å². The van der Waals surface area contributed by atoms with Crippen molar-refractivity contribution in [1.82, 2.24) is 5.32 Å². The molecule has 29 heavy (non-hydrogen) atoms. The Balaban J connectivity index is 1.34. The molecule has 5 nitrogen and oxygen atoms in total. The van der Waals surface area contributed by atoms with Gasteiger partial charge in [-0.1, -0.05) is 18.2 Å². The average Bonchev–Trinajstić information content (AvgIpc) is 2.74. The van der Waals surface area contributed by atoms with E-state index < -0.39 is 0 Å². The van der Waals surface area contributed by atoms with Gasteiger partial charge in [-0.05, 0) is 30.3 Å². The molecule has 2 aromatic carbocycles. The maximum absolute atomic E-state index is 13.6. The fraction of sp³-hybridized carbons (Fsp3) is 0.409. The number of halogens is 1. The molecular formula is C22H30FN3O2S+2. The molecule has 0 spiro atoms. The molecule has 0 aliphatic carbocycles. The van der Waals surface area contributed by atoms with Gasteiger partial charge in [0, 0.05) is 17.2 Å². The highest BCUT2D eigenvalue weighted by atomic mass is 32.2. The molecule has 1 heterocycles. The van der Waals surface area contributed by atoms with Crippen LogP contribution in [0.1, 0.15) is 5.56 Å². The Morgan fingerprint density at radius 3 is 2.55 bits per heavy atom. The molecule has 1 saturated heterocycles. The number of methoxy groups -OCH3 is 1. The molecule has 3 rings (SSSR count). The first kappa shape index (κ1) is 21.6. The zero-order valence-electron chi connectivity index (χ0n) is 16.9. The standard InChI is InChI=1S/C22H28FN3O2S/c1-28-21-8-7-19(23)15-18(21)16-25-10-12-26(13-11-25)17-22(27)24-9-14-29-20-5-3-2-4-6-20/h2-8,15H,9-14,16-17H2,1H3,(H,24,27)/p+2. The van der Waals surface area contributed by atoms with Gasteiger partial charge in [0.1, 0.15) is 44.3 Å². The Morgan fingerprint density at radius 2 is 1.83 bits per heavy atom. The molecule has 0 radical (unpaired) electrons. The molecule has 0 atom stereocenters. The predicted octanol–water partition coefficient (Wildman–Crippen LogP) is 0.0262. The smallest absolute Gasteiger partial charge is 0.275 e. The number of piperazine rings is 1. The van der Waals surface area contributed by atoms with Crippen LogP contribution >= 0.6 is 11.8 Å². The van der Waals surface area contributed by atoms with Crippen LogP contribution in [0.3, 0.4) is 0 Å². The molecule has 0 aromatic heterocycles. The summed E-state index contributed by atoms with van der Waals surface area (Å²) in [5, 5.41) is 3.03. The van der Waals surface area contributed by atoms with Gasteiger partial charge in [-0.2, -0.15) is 0 Å². The number of carbonyl (C=O) groups is 1. The number of quaternary nitrogens is 2. The summed E-state index contributed by atoms with van der Waals surface area (Å²) >= 11 is 1.75. The molecule has 0 unspecified atom stereocenters. The highest BCUT2D eigenvalue weighted by Crippen LogP contribution is 2.18. The highest BCUT2D eigenvalue weighted by Gasteiger charge is 2.25. The van der Waals surface area contributed by atoms with E-state index in [1.54, 1.807) is 31.0 Å². The Labute approximate surface area is 176 Å². The van der Waals surface area contributed by atoms with Gasteiger partial charge >= 0.3 is 0 Å². The van der Waals surface area contributed by atoms with Gasteiger partial charge in [-0.15, -0.1) is 11.8 Å². The van der Waals surface area contributed by atoms with Crippen molar-refractivity contribution in [2.24, 2.45) is 0 Å². The summed E-state index contributed by atoms with van der Waals surface area (Å²) in [6, 6.07) is 14.9. The van der Waals surface area contributed by atoms with Crippen LogP contribution in [-0.4, -0.2) is 58.0 Å². The number of rotatable bonds is 9. The predicted molar refractivity (Wildman–Crippen MR) is 113 cm³/mol. The topological polar surface area (TPSA) is 47.2 Å². The number of ether oxygens (including phenoxy) is 1. The summed E-state index contributed by atoms with van der Waals surface area (Å²) in [5.41, 5.74) is 0.902. The fourth-order valence-electron chi connectivity index (χ4n) is 3.63. The van der Waals surface area contributed by atoms with Crippen LogP contribution in [0.25, 0.3) is 0 Å². The molecule has 7 heteroatoms. The molecule has 0 saturated carbocycles. The van der Waals surface area contributed by atoms with Gasteiger partial charge < -0.3 is 19.9 Å². The zero-order chi connectivity index (χ0) is 20.5. The third-order valence-corrected chi connectivity index (χ3v) is 6.21. The monoisotopic (exact) mass is 419 g/mol. The van der Waals surface area contributed by atoms with E-state index in [1.165, 1.54) is 20.8 Å². The van der Waals surface area contributed by atoms with Crippen molar-refractivity contribution in [3.8, 4) is 5.75 Å². The van der Waals surface area contributed by atoms with Gasteiger partial charge in [0.2, 0.25) is 0 Å². The Kier molecular flexibility index (Phi) is 8.34. The number of thioether (sulfide) groups is 1. The first-order valence-corrected chi connectivity index (χ1v) is 11.1. The summed E-state index contributed by atoms with van der Waals surface area (Å²) in [7, 11) is 1.62. The van der Waals surface area contributed by atoms with Crippen molar-refractivity contribution >= 4 is 17.7 Å². The van der Waals surface area contributed by atoms with Gasteiger partial charge in [-0.25, -0.2) is 4.39 Å². The minimum absolute atomic E-state index is 0.115. The minimum atomic E-state index is -0.230. The summed E-state index contributed by atoms with van der Waals surface area (Å²) in [6.07, 6.45) is 0. The van der Waals surface area contributed by atoms with E-state index in [0.717, 1.165) is 49.8 Å². The molecule has 156 valence electrons. The van der Waals surface area contributed by atoms with Gasteiger partial charge in [0.05, 0.1) is 12.7 Å².